The molecule has 8 nitrogen and oxygen atoms in total. The van der Waals surface area contributed by atoms with E-state index in [2.05, 4.69) is 39.2 Å². The van der Waals surface area contributed by atoms with E-state index in [4.69, 9.17) is 14.6 Å². The van der Waals surface area contributed by atoms with Crippen LogP contribution in [-0.2, 0) is 4.84 Å². The van der Waals surface area contributed by atoms with Crippen LogP contribution in [0.5, 0.6) is 11.6 Å². The molecule has 8 heteroatoms. The number of aryl methyl sites for hydroxylation is 1. The Balaban J connectivity index is 1.36. The van der Waals surface area contributed by atoms with Crippen molar-refractivity contribution in [2.45, 2.75) is 71.6 Å². The molecule has 5 heterocycles. The van der Waals surface area contributed by atoms with Crippen molar-refractivity contribution in [2.75, 3.05) is 4.90 Å². The monoisotopic (exact) mass is 422 g/mol. The summed E-state index contributed by atoms with van der Waals surface area (Å²) in [5, 5.41) is 0. The molecule has 2 aromatic rings. The topological polar surface area (TPSA) is 84.8 Å². The van der Waals surface area contributed by atoms with Crippen molar-refractivity contribution in [1.82, 2.24) is 20.4 Å². The van der Waals surface area contributed by atoms with Gasteiger partial charge in [-0.2, -0.15) is 0 Å². The number of pyridine rings is 1. The summed E-state index contributed by atoms with van der Waals surface area (Å²) in [4.78, 5) is 26.5. The standard InChI is InChI=1S/C23H30N6O2/c1-13(2)20-27-23(31-28-20)16-10-17-7-8-18(11-16)29(17)21-14(3)22(26-12-25-21)30-19-6-5-9-24-15(19)4/h5-6,9,12-13,16-18,20,28H,7-8,10-11H2,1-4H3/t16?,17-,18?,20?/m1/s1. The molecule has 3 aliphatic heterocycles. The second kappa shape index (κ2) is 8.07. The molecule has 0 spiro atoms. The number of hydrogen-bond donors (Lipinski definition) is 1. The van der Waals surface area contributed by atoms with Crippen LogP contribution in [-0.4, -0.2) is 39.1 Å². The normalized spacial score (nSPS) is 27.4. The van der Waals surface area contributed by atoms with Gasteiger partial charge in [0.05, 0.1) is 11.3 Å². The van der Waals surface area contributed by atoms with Gasteiger partial charge in [-0.3, -0.25) is 4.98 Å². The lowest BCUT2D eigenvalue weighted by Gasteiger charge is -2.39. The van der Waals surface area contributed by atoms with Gasteiger partial charge >= 0.3 is 0 Å². The third-order valence-electron chi connectivity index (χ3n) is 6.69. The van der Waals surface area contributed by atoms with E-state index in [-0.39, 0.29) is 6.17 Å². The average Bonchev–Trinajstić information content (AvgIpc) is 3.34. The molecule has 2 fully saturated rings. The van der Waals surface area contributed by atoms with Crippen molar-refractivity contribution in [1.29, 1.82) is 0 Å². The third-order valence-corrected chi connectivity index (χ3v) is 6.69. The van der Waals surface area contributed by atoms with Crippen LogP contribution in [0.25, 0.3) is 0 Å². The van der Waals surface area contributed by atoms with Crippen LogP contribution in [0.1, 0.15) is 50.8 Å². The Morgan fingerprint density at radius 2 is 1.90 bits per heavy atom. The van der Waals surface area contributed by atoms with Gasteiger partial charge in [-0.1, -0.05) is 13.8 Å². The van der Waals surface area contributed by atoms with Crippen LogP contribution in [0.4, 0.5) is 5.82 Å². The Kier molecular flexibility index (Phi) is 5.25. The first-order valence-corrected chi connectivity index (χ1v) is 11.2. The van der Waals surface area contributed by atoms with Crippen LogP contribution in [0.3, 0.4) is 0 Å². The highest BCUT2D eigenvalue weighted by atomic mass is 16.7. The third kappa shape index (κ3) is 3.73. The van der Waals surface area contributed by atoms with E-state index in [1.807, 2.05) is 26.0 Å². The number of aliphatic imine (C=N–C) groups is 1. The first-order valence-electron chi connectivity index (χ1n) is 11.2. The first kappa shape index (κ1) is 20.2. The van der Waals surface area contributed by atoms with Gasteiger partial charge < -0.3 is 14.5 Å². The van der Waals surface area contributed by atoms with Crippen LogP contribution in [0, 0.1) is 25.7 Å². The van der Waals surface area contributed by atoms with E-state index in [1.54, 1.807) is 12.5 Å². The molecular weight excluding hydrogens is 392 g/mol. The summed E-state index contributed by atoms with van der Waals surface area (Å²) in [5.41, 5.74) is 4.89. The fraction of sp³-hybridized carbons (Fsp3) is 0.565. The highest BCUT2D eigenvalue weighted by Gasteiger charge is 2.45. The van der Waals surface area contributed by atoms with Gasteiger partial charge in [-0.05, 0) is 57.6 Å². The summed E-state index contributed by atoms with van der Waals surface area (Å²) < 4.78 is 6.11. The van der Waals surface area contributed by atoms with Crippen LogP contribution >= 0.6 is 0 Å². The molecule has 5 rings (SSSR count). The summed E-state index contributed by atoms with van der Waals surface area (Å²) in [6.07, 6.45) is 7.82. The Hall–Kier alpha value is -2.74. The summed E-state index contributed by atoms with van der Waals surface area (Å²) in [7, 11) is 0. The summed E-state index contributed by atoms with van der Waals surface area (Å²) in [6, 6.07) is 4.64. The molecule has 3 aliphatic rings. The second-order valence-electron chi connectivity index (χ2n) is 9.15. The molecule has 164 valence electrons. The van der Waals surface area contributed by atoms with Crippen LogP contribution in [0.15, 0.2) is 29.6 Å². The van der Waals surface area contributed by atoms with E-state index in [1.165, 1.54) is 0 Å². The second-order valence-corrected chi connectivity index (χ2v) is 9.15. The first-order chi connectivity index (χ1) is 15.0. The zero-order valence-electron chi connectivity index (χ0n) is 18.6. The lowest BCUT2D eigenvalue weighted by atomic mass is 9.90. The van der Waals surface area contributed by atoms with Gasteiger partial charge in [-0.25, -0.2) is 15.0 Å². The fourth-order valence-electron chi connectivity index (χ4n) is 4.98. The number of hydroxylamine groups is 1. The Labute approximate surface area is 183 Å². The molecule has 31 heavy (non-hydrogen) atoms. The van der Waals surface area contributed by atoms with Crippen molar-refractivity contribution in [3.63, 3.8) is 0 Å². The number of piperidine rings is 1. The van der Waals surface area contributed by atoms with Gasteiger partial charge in [-0.15, -0.1) is 5.48 Å². The molecule has 0 saturated carbocycles. The zero-order chi connectivity index (χ0) is 21.5. The lowest BCUT2D eigenvalue weighted by molar-refractivity contribution is 0.145. The van der Waals surface area contributed by atoms with Crippen LogP contribution in [0.2, 0.25) is 0 Å². The maximum absolute atomic E-state index is 6.11. The highest BCUT2D eigenvalue weighted by molar-refractivity contribution is 5.80. The SMILES string of the molecule is Cc1ncccc1Oc1ncnc(N2C3CC[C@@H]2CC(C2=NC(C(C)C)NO2)C3)c1C. The molecular formula is C23H30N6O2. The zero-order valence-corrected chi connectivity index (χ0v) is 18.6. The fourth-order valence-corrected chi connectivity index (χ4v) is 4.98. The Morgan fingerprint density at radius 3 is 2.58 bits per heavy atom. The van der Waals surface area contributed by atoms with Gasteiger partial charge in [0.2, 0.25) is 11.8 Å². The van der Waals surface area contributed by atoms with Crippen molar-refractivity contribution in [3.05, 3.63) is 35.9 Å². The van der Waals surface area contributed by atoms with E-state index >= 15 is 0 Å². The molecule has 2 aromatic heterocycles. The van der Waals surface area contributed by atoms with Gasteiger partial charge in [0.25, 0.3) is 0 Å². The van der Waals surface area contributed by atoms with Crippen molar-refractivity contribution in [2.24, 2.45) is 16.8 Å². The van der Waals surface area contributed by atoms with Gasteiger partial charge in [0.15, 0.2) is 5.75 Å². The van der Waals surface area contributed by atoms with E-state index in [9.17, 15) is 0 Å². The quantitative estimate of drug-likeness (QED) is 0.781. The summed E-state index contributed by atoms with van der Waals surface area (Å²) in [6.45, 7) is 8.29. The average molecular weight is 423 g/mol. The molecule has 3 unspecified atom stereocenters. The van der Waals surface area contributed by atoms with Crippen molar-refractivity contribution < 1.29 is 9.57 Å². The smallest absolute Gasteiger partial charge is 0.227 e. The minimum atomic E-state index is 0.0606. The molecule has 4 atom stereocenters. The Morgan fingerprint density at radius 1 is 1.13 bits per heavy atom. The largest absolute Gasteiger partial charge is 0.437 e. The molecule has 1 N–H and O–H groups in total. The van der Waals surface area contributed by atoms with Crippen LogP contribution < -0.4 is 15.1 Å². The predicted octanol–water partition coefficient (Wildman–Crippen LogP) is 3.94. The summed E-state index contributed by atoms with van der Waals surface area (Å²) in [5.74, 6) is 3.95. The minimum Gasteiger partial charge on any atom is -0.437 e. The van der Waals surface area contributed by atoms with E-state index in [0.717, 1.165) is 54.4 Å². The maximum atomic E-state index is 6.11. The lowest BCUT2D eigenvalue weighted by Crippen LogP contribution is -2.45. The summed E-state index contributed by atoms with van der Waals surface area (Å²) >= 11 is 0. The van der Waals surface area contributed by atoms with Gasteiger partial charge in [0.1, 0.15) is 18.3 Å². The number of fused-ring (bicyclic) bond motifs is 2. The minimum absolute atomic E-state index is 0.0606. The molecule has 0 aromatic carbocycles. The number of hydrogen-bond acceptors (Lipinski definition) is 8. The van der Waals surface area contributed by atoms with E-state index in [0.29, 0.717) is 29.8 Å². The number of rotatable bonds is 5. The number of ether oxygens (including phenoxy) is 1. The Bertz CT molecular complexity index is 980. The predicted molar refractivity (Wildman–Crippen MR) is 118 cm³/mol. The molecule has 0 amide bonds. The number of nitrogens with zero attached hydrogens (tertiary/aromatic N) is 5. The number of nitrogens with one attached hydrogen (secondary N) is 1. The molecule has 0 radical (unpaired) electrons. The number of aromatic nitrogens is 3. The van der Waals surface area contributed by atoms with Gasteiger partial charge in [0, 0.05) is 24.2 Å². The van der Waals surface area contributed by atoms with Crippen molar-refractivity contribution in [3.8, 4) is 11.6 Å². The molecule has 2 saturated heterocycles. The highest BCUT2D eigenvalue weighted by Crippen LogP contribution is 2.44. The molecule has 2 bridgehead atoms. The maximum Gasteiger partial charge on any atom is 0.227 e. The van der Waals surface area contributed by atoms with E-state index < -0.39 is 0 Å². The van der Waals surface area contributed by atoms with Crippen molar-refractivity contribution >= 4 is 11.7 Å². The molecule has 0 aliphatic carbocycles. The number of anilines is 1.